The van der Waals surface area contributed by atoms with Gasteiger partial charge in [-0.15, -0.1) is 0 Å². The monoisotopic (exact) mass is 474 g/mol. The molecule has 1 aromatic carbocycles. The number of hydrogen-bond donors (Lipinski definition) is 3. The van der Waals surface area contributed by atoms with Gasteiger partial charge in [-0.2, -0.15) is 0 Å². The first-order valence-electron chi connectivity index (χ1n) is 9.77. The van der Waals surface area contributed by atoms with Crippen molar-refractivity contribution in [3.05, 3.63) is 33.8 Å². The number of phenolic OH excluding ortho intramolecular Hbond substituents is 1. The molecule has 2 aliphatic carbocycles. The van der Waals surface area contributed by atoms with Crippen molar-refractivity contribution in [3.63, 3.8) is 0 Å². The third-order valence-electron chi connectivity index (χ3n) is 6.96. The van der Waals surface area contributed by atoms with Crippen molar-refractivity contribution in [2.45, 2.75) is 18.8 Å². The fourth-order valence-corrected chi connectivity index (χ4v) is 6.20. The first-order chi connectivity index (χ1) is 14.3. The zero-order chi connectivity index (χ0) is 21.3. The van der Waals surface area contributed by atoms with E-state index in [9.17, 15) is 24.3 Å². The minimum atomic E-state index is -0.693. The van der Waals surface area contributed by atoms with Crippen LogP contribution in [0.5, 0.6) is 11.5 Å². The number of halogens is 1. The summed E-state index contributed by atoms with van der Waals surface area (Å²) >= 11 is 3.42. The van der Waals surface area contributed by atoms with Crippen LogP contribution in [0.3, 0.4) is 0 Å². The molecule has 0 unspecified atom stereocenters. The highest BCUT2D eigenvalue weighted by Gasteiger charge is 2.59. The largest absolute Gasteiger partial charge is 0.504 e. The van der Waals surface area contributed by atoms with Crippen LogP contribution in [0.1, 0.15) is 24.3 Å². The van der Waals surface area contributed by atoms with Crippen molar-refractivity contribution in [3.8, 4) is 11.5 Å². The molecule has 5 rings (SSSR count). The minimum Gasteiger partial charge on any atom is -0.504 e. The zero-order valence-corrected chi connectivity index (χ0v) is 17.6. The number of benzene rings is 1. The zero-order valence-electron chi connectivity index (χ0n) is 16.0. The number of rotatable bonds is 2. The lowest BCUT2D eigenvalue weighted by Crippen LogP contribution is -2.42. The number of methoxy groups -OCH3 is 1. The molecule has 1 saturated carbocycles. The van der Waals surface area contributed by atoms with Gasteiger partial charge in [-0.05, 0) is 30.9 Å². The predicted molar refractivity (Wildman–Crippen MR) is 106 cm³/mol. The van der Waals surface area contributed by atoms with Crippen molar-refractivity contribution in [1.82, 2.24) is 10.6 Å². The number of nitrogens with one attached hydrogen (secondary N) is 2. The number of allylic oxidation sites excluding steroid dienone is 2. The quantitative estimate of drug-likeness (QED) is 0.439. The van der Waals surface area contributed by atoms with E-state index < -0.39 is 29.6 Å². The lowest BCUT2D eigenvalue weighted by molar-refractivity contribution is -0.128. The van der Waals surface area contributed by atoms with Crippen LogP contribution in [-0.2, 0) is 19.2 Å². The Morgan fingerprint density at radius 3 is 2.33 bits per heavy atom. The molecule has 4 aliphatic rings. The number of phenols is 1. The van der Waals surface area contributed by atoms with Gasteiger partial charge < -0.3 is 9.84 Å². The molecule has 2 heterocycles. The number of hydrogen-bond acceptors (Lipinski definition) is 6. The van der Waals surface area contributed by atoms with Crippen LogP contribution < -0.4 is 15.4 Å². The van der Waals surface area contributed by atoms with Gasteiger partial charge in [0.05, 0.1) is 30.8 Å². The molecule has 3 fully saturated rings. The number of carbonyl (C=O) groups excluding carboxylic acids is 4. The summed E-state index contributed by atoms with van der Waals surface area (Å²) in [6, 6.07) is 3.33. The molecule has 2 saturated heterocycles. The van der Waals surface area contributed by atoms with E-state index in [4.69, 9.17) is 4.74 Å². The Morgan fingerprint density at radius 2 is 1.63 bits per heavy atom. The van der Waals surface area contributed by atoms with Gasteiger partial charge in [0.2, 0.25) is 23.6 Å². The smallest absolute Gasteiger partial charge is 0.231 e. The second-order valence-corrected chi connectivity index (χ2v) is 9.19. The first-order valence-corrected chi connectivity index (χ1v) is 10.6. The molecule has 30 heavy (non-hydrogen) atoms. The van der Waals surface area contributed by atoms with Crippen molar-refractivity contribution >= 4 is 39.6 Å². The molecule has 4 amide bonds. The van der Waals surface area contributed by atoms with E-state index in [2.05, 4.69) is 26.6 Å². The molecule has 0 spiro atoms. The lowest BCUT2D eigenvalue weighted by Gasteiger charge is -2.44. The molecule has 2 aliphatic heterocycles. The summed E-state index contributed by atoms with van der Waals surface area (Å²) < 4.78 is 5.93. The summed E-state index contributed by atoms with van der Waals surface area (Å²) in [4.78, 5) is 50.1. The number of ether oxygens (including phenoxy) is 1. The molecule has 8 nitrogen and oxygen atoms in total. The molecule has 9 heteroatoms. The second-order valence-electron chi connectivity index (χ2n) is 8.28. The molecule has 0 aromatic heterocycles. The summed E-state index contributed by atoms with van der Waals surface area (Å²) in [6.45, 7) is 0. The third-order valence-corrected chi connectivity index (χ3v) is 7.42. The van der Waals surface area contributed by atoms with Crippen LogP contribution in [0.4, 0.5) is 0 Å². The maximum Gasteiger partial charge on any atom is 0.231 e. The Morgan fingerprint density at radius 1 is 0.967 bits per heavy atom. The van der Waals surface area contributed by atoms with Crippen LogP contribution in [0.25, 0.3) is 0 Å². The van der Waals surface area contributed by atoms with Crippen LogP contribution >= 0.6 is 15.9 Å². The van der Waals surface area contributed by atoms with Crippen molar-refractivity contribution in [1.29, 1.82) is 0 Å². The average Bonchev–Trinajstić information content (AvgIpc) is 3.16. The highest BCUT2D eigenvalue weighted by Crippen LogP contribution is 2.57. The number of carbonyl (C=O) groups is 4. The van der Waals surface area contributed by atoms with E-state index in [1.807, 2.05) is 6.08 Å². The number of amides is 4. The van der Waals surface area contributed by atoms with E-state index in [1.165, 1.54) is 7.11 Å². The molecule has 6 atom stereocenters. The Hall–Kier alpha value is -2.68. The van der Waals surface area contributed by atoms with Gasteiger partial charge >= 0.3 is 0 Å². The van der Waals surface area contributed by atoms with Gasteiger partial charge in [0.25, 0.3) is 0 Å². The Kier molecular flexibility index (Phi) is 4.29. The van der Waals surface area contributed by atoms with Crippen LogP contribution in [0.2, 0.25) is 0 Å². The molecule has 3 N–H and O–H groups in total. The summed E-state index contributed by atoms with van der Waals surface area (Å²) in [7, 11) is 1.43. The van der Waals surface area contributed by atoms with E-state index in [-0.39, 0.29) is 41.0 Å². The van der Waals surface area contributed by atoms with Gasteiger partial charge in [0, 0.05) is 16.0 Å². The van der Waals surface area contributed by atoms with E-state index in [0.717, 1.165) is 5.57 Å². The number of aromatic hydroxyl groups is 1. The van der Waals surface area contributed by atoms with Gasteiger partial charge in [-0.1, -0.05) is 27.6 Å². The van der Waals surface area contributed by atoms with Crippen molar-refractivity contribution in [2.24, 2.45) is 29.6 Å². The Balaban J connectivity index is 1.70. The predicted octanol–water partition coefficient (Wildman–Crippen LogP) is 1.37. The van der Waals surface area contributed by atoms with Crippen LogP contribution in [-0.4, -0.2) is 35.8 Å². The van der Waals surface area contributed by atoms with Crippen molar-refractivity contribution < 1.29 is 29.0 Å². The lowest BCUT2D eigenvalue weighted by atomic mass is 9.57. The van der Waals surface area contributed by atoms with E-state index in [1.54, 1.807) is 12.1 Å². The third kappa shape index (κ3) is 2.57. The summed E-state index contributed by atoms with van der Waals surface area (Å²) in [5, 5.41) is 15.7. The summed E-state index contributed by atoms with van der Waals surface area (Å²) in [6.07, 6.45) is 2.61. The Bertz CT molecular complexity index is 1050. The molecular formula is C21H19BrN2O6. The highest BCUT2D eigenvalue weighted by molar-refractivity contribution is 9.10. The first kappa shape index (κ1) is 19.3. The number of imide groups is 2. The van der Waals surface area contributed by atoms with Crippen molar-refractivity contribution in [2.75, 3.05) is 7.11 Å². The fraction of sp³-hybridized carbons (Fsp3) is 0.429. The van der Waals surface area contributed by atoms with Gasteiger partial charge in [-0.25, -0.2) is 0 Å². The van der Waals surface area contributed by atoms with E-state index >= 15 is 0 Å². The summed E-state index contributed by atoms with van der Waals surface area (Å²) in [5.74, 6) is -4.56. The molecule has 0 radical (unpaired) electrons. The minimum absolute atomic E-state index is 0.104. The van der Waals surface area contributed by atoms with Crippen LogP contribution in [0, 0.1) is 29.6 Å². The fourth-order valence-electron chi connectivity index (χ4n) is 5.74. The van der Waals surface area contributed by atoms with Gasteiger partial charge in [-0.3, -0.25) is 29.8 Å². The maximum absolute atomic E-state index is 12.8. The topological polar surface area (TPSA) is 122 Å². The molecule has 1 aromatic rings. The summed E-state index contributed by atoms with van der Waals surface area (Å²) in [5.41, 5.74) is 1.28. The SMILES string of the molecule is COc1cc(Br)cc([C@H]2C3=CC[C@@H]4C(=O)NC(=O)[C@@H]4[C@@H]3C[C@H]3C(=O)NC(=O)[C@@H]23)c1O. The molecule has 156 valence electrons. The molecular weight excluding hydrogens is 456 g/mol. The Labute approximate surface area is 180 Å². The van der Waals surface area contributed by atoms with E-state index in [0.29, 0.717) is 22.9 Å². The maximum atomic E-state index is 12.8. The average molecular weight is 475 g/mol. The van der Waals surface area contributed by atoms with Gasteiger partial charge in [0.1, 0.15) is 0 Å². The second kappa shape index (κ2) is 6.66. The normalized spacial score (nSPS) is 34.5. The number of fused-ring (bicyclic) bond motifs is 4. The standard InChI is InChI=1S/C21H19BrN2O6/c1-30-13-5-7(22)4-11(17(13)25)14-8-2-3-9-15(20(28)23-18(9)26)10(8)6-12-16(14)21(29)24-19(12)27/h2,4-5,9-10,12,14-16,25H,3,6H2,1H3,(H,23,26,28)(H,24,27,29)/t9-,10+,12+,14+,15-,16+/m0/s1. The molecule has 0 bridgehead atoms. The van der Waals surface area contributed by atoms with Crippen LogP contribution in [0.15, 0.2) is 28.3 Å². The highest BCUT2D eigenvalue weighted by atomic mass is 79.9. The van der Waals surface area contributed by atoms with Gasteiger partial charge in [0.15, 0.2) is 11.5 Å².